The lowest BCUT2D eigenvalue weighted by Gasteiger charge is -2.09. The molecule has 1 N–H and O–H groups in total. The molecule has 1 fully saturated rings. The van der Waals surface area contributed by atoms with Gasteiger partial charge in [-0.2, -0.15) is 0 Å². The molecule has 0 amide bonds. The van der Waals surface area contributed by atoms with E-state index in [1.807, 2.05) is 12.1 Å². The van der Waals surface area contributed by atoms with E-state index in [0.717, 1.165) is 5.56 Å². The molecule has 1 aliphatic carbocycles. The van der Waals surface area contributed by atoms with Crippen LogP contribution in [0.5, 0.6) is 0 Å². The minimum Gasteiger partial charge on any atom is -0.323 e. The van der Waals surface area contributed by atoms with Crippen LogP contribution in [0.25, 0.3) is 11.3 Å². The Morgan fingerprint density at radius 3 is 2.81 bits per heavy atom. The predicted molar refractivity (Wildman–Crippen MR) is 98.6 cm³/mol. The number of hydrogen-bond donors (Lipinski definition) is 1. The Hall–Kier alpha value is -3.06. The van der Waals surface area contributed by atoms with Crippen LogP contribution in [-0.2, 0) is 0 Å². The van der Waals surface area contributed by atoms with E-state index in [0.29, 0.717) is 28.3 Å². The summed E-state index contributed by atoms with van der Waals surface area (Å²) >= 11 is 6.29. The second kappa shape index (κ2) is 6.68. The van der Waals surface area contributed by atoms with Crippen molar-refractivity contribution in [1.29, 1.82) is 0 Å². The summed E-state index contributed by atoms with van der Waals surface area (Å²) in [6.45, 7) is 0. The van der Waals surface area contributed by atoms with Crippen LogP contribution < -0.4 is 5.32 Å². The number of rotatable bonds is 5. The topological polar surface area (TPSA) is 93.8 Å². The number of anilines is 2. The largest absolute Gasteiger partial charge is 0.323 e. The molecule has 1 saturated carbocycles. The molecule has 130 valence electrons. The number of benzene rings is 1. The van der Waals surface area contributed by atoms with Crippen LogP contribution >= 0.6 is 11.6 Å². The Bertz CT molecular complexity index is 991. The minimum atomic E-state index is -0.504. The van der Waals surface area contributed by atoms with E-state index in [1.165, 1.54) is 43.1 Å². The van der Waals surface area contributed by atoms with Crippen molar-refractivity contribution in [2.24, 2.45) is 0 Å². The molecule has 4 rings (SSSR count). The summed E-state index contributed by atoms with van der Waals surface area (Å²) in [5.74, 6) is 0.924. The average molecular weight is 368 g/mol. The zero-order valence-corrected chi connectivity index (χ0v) is 14.3. The molecular weight excluding hydrogens is 354 g/mol. The fraction of sp³-hybridized carbons (Fsp3) is 0.167. The van der Waals surface area contributed by atoms with Gasteiger partial charge in [0.25, 0.3) is 5.69 Å². The van der Waals surface area contributed by atoms with Gasteiger partial charge >= 0.3 is 0 Å². The molecule has 26 heavy (non-hydrogen) atoms. The molecule has 0 unspecified atom stereocenters. The third kappa shape index (κ3) is 3.48. The number of nitrogens with zero attached hydrogens (tertiary/aromatic N) is 4. The van der Waals surface area contributed by atoms with Crippen molar-refractivity contribution in [3.8, 4) is 11.3 Å². The molecule has 0 bridgehead atoms. The third-order valence-electron chi connectivity index (χ3n) is 4.14. The van der Waals surface area contributed by atoms with Gasteiger partial charge in [-0.05, 0) is 30.4 Å². The molecule has 0 radical (unpaired) electrons. The molecule has 1 aromatic carbocycles. The van der Waals surface area contributed by atoms with Gasteiger partial charge in [-0.1, -0.05) is 29.8 Å². The van der Waals surface area contributed by atoms with Crippen molar-refractivity contribution in [1.82, 2.24) is 15.0 Å². The first kappa shape index (κ1) is 16.4. The van der Waals surface area contributed by atoms with Gasteiger partial charge in [-0.3, -0.25) is 15.1 Å². The zero-order valence-electron chi connectivity index (χ0n) is 13.6. The lowest BCUT2D eigenvalue weighted by atomic mass is 10.0. The molecule has 0 aliphatic heterocycles. The summed E-state index contributed by atoms with van der Waals surface area (Å²) < 4.78 is 0. The van der Waals surface area contributed by atoms with Crippen LogP contribution in [0.2, 0.25) is 5.02 Å². The molecule has 2 heterocycles. The van der Waals surface area contributed by atoms with E-state index in [1.54, 1.807) is 0 Å². The molecule has 0 atom stereocenters. The molecule has 3 aromatic rings. The number of hydrogen-bond acceptors (Lipinski definition) is 6. The predicted octanol–water partition coefficient (Wildman–Crippen LogP) is 4.72. The van der Waals surface area contributed by atoms with E-state index < -0.39 is 4.92 Å². The minimum absolute atomic E-state index is 0.110. The zero-order chi connectivity index (χ0) is 18.1. The second-order valence-corrected chi connectivity index (χ2v) is 6.51. The van der Waals surface area contributed by atoms with E-state index in [2.05, 4.69) is 32.4 Å². The second-order valence-electron chi connectivity index (χ2n) is 6.10. The van der Waals surface area contributed by atoms with Crippen molar-refractivity contribution in [2.45, 2.75) is 18.8 Å². The summed E-state index contributed by atoms with van der Waals surface area (Å²) in [4.78, 5) is 22.9. The first-order chi connectivity index (χ1) is 12.6. The van der Waals surface area contributed by atoms with Crippen LogP contribution in [0.1, 0.15) is 24.3 Å². The number of halogens is 1. The number of nitrogens with one attached hydrogen (secondary N) is 1. The van der Waals surface area contributed by atoms with E-state index in [9.17, 15) is 10.1 Å². The van der Waals surface area contributed by atoms with Crippen LogP contribution in [0, 0.1) is 10.1 Å². The molecule has 2 aromatic heterocycles. The Kier molecular flexibility index (Phi) is 4.22. The number of aromatic nitrogens is 3. The Labute approximate surface area is 154 Å². The Morgan fingerprint density at radius 2 is 2.04 bits per heavy atom. The van der Waals surface area contributed by atoms with Gasteiger partial charge in [0, 0.05) is 11.6 Å². The summed E-state index contributed by atoms with van der Waals surface area (Å²) in [5.41, 5.74) is 3.14. The highest BCUT2D eigenvalue weighted by molar-refractivity contribution is 6.32. The van der Waals surface area contributed by atoms with Crippen LogP contribution in [0.3, 0.4) is 0 Å². The SMILES string of the molecule is O=[N+]([O-])c1cncc(Nc2ncc(Cl)c(-c3cccc(C4CC4)c3)n2)c1. The Morgan fingerprint density at radius 1 is 1.19 bits per heavy atom. The molecular formula is C18H14ClN5O2. The summed E-state index contributed by atoms with van der Waals surface area (Å²) in [7, 11) is 0. The van der Waals surface area contributed by atoms with E-state index in [-0.39, 0.29) is 5.69 Å². The smallest absolute Gasteiger partial charge is 0.289 e. The Balaban J connectivity index is 1.65. The van der Waals surface area contributed by atoms with Crippen LogP contribution in [0.15, 0.2) is 48.9 Å². The van der Waals surface area contributed by atoms with Gasteiger partial charge in [0.1, 0.15) is 6.20 Å². The maximum atomic E-state index is 10.9. The number of pyridine rings is 1. The quantitative estimate of drug-likeness (QED) is 0.518. The first-order valence-electron chi connectivity index (χ1n) is 8.09. The van der Waals surface area contributed by atoms with Gasteiger partial charge in [0.2, 0.25) is 5.95 Å². The molecule has 8 heteroatoms. The molecule has 0 saturated heterocycles. The van der Waals surface area contributed by atoms with E-state index in [4.69, 9.17) is 11.6 Å². The van der Waals surface area contributed by atoms with Gasteiger partial charge in [-0.25, -0.2) is 9.97 Å². The molecule has 7 nitrogen and oxygen atoms in total. The lowest BCUT2D eigenvalue weighted by molar-refractivity contribution is -0.385. The van der Waals surface area contributed by atoms with Crippen molar-refractivity contribution in [2.75, 3.05) is 5.32 Å². The van der Waals surface area contributed by atoms with E-state index >= 15 is 0 Å². The highest BCUT2D eigenvalue weighted by Gasteiger charge is 2.23. The van der Waals surface area contributed by atoms with Gasteiger partial charge in [0.05, 0.1) is 33.7 Å². The monoisotopic (exact) mass is 367 g/mol. The van der Waals surface area contributed by atoms with Crippen molar-refractivity contribution in [3.63, 3.8) is 0 Å². The summed E-state index contributed by atoms with van der Waals surface area (Å²) in [6.07, 6.45) is 6.60. The average Bonchev–Trinajstić information content (AvgIpc) is 3.49. The molecule has 1 aliphatic rings. The molecule has 0 spiro atoms. The highest BCUT2D eigenvalue weighted by atomic mass is 35.5. The third-order valence-corrected chi connectivity index (χ3v) is 4.42. The van der Waals surface area contributed by atoms with Gasteiger partial charge < -0.3 is 5.32 Å². The maximum absolute atomic E-state index is 10.9. The lowest BCUT2D eigenvalue weighted by Crippen LogP contribution is -2.00. The summed E-state index contributed by atoms with van der Waals surface area (Å²) in [6, 6.07) is 9.55. The first-order valence-corrected chi connectivity index (χ1v) is 8.47. The van der Waals surface area contributed by atoms with Crippen molar-refractivity contribution in [3.05, 3.63) is 69.6 Å². The van der Waals surface area contributed by atoms with Crippen LogP contribution in [0.4, 0.5) is 17.3 Å². The van der Waals surface area contributed by atoms with Gasteiger partial charge in [0.15, 0.2) is 0 Å². The fourth-order valence-corrected chi connectivity index (χ4v) is 2.91. The summed E-state index contributed by atoms with van der Waals surface area (Å²) in [5, 5.41) is 14.3. The van der Waals surface area contributed by atoms with Crippen molar-refractivity contribution >= 4 is 28.9 Å². The maximum Gasteiger partial charge on any atom is 0.289 e. The standard InChI is InChI=1S/C18H14ClN5O2/c19-16-10-21-18(22-14-7-15(24(25)26)9-20-8-14)23-17(16)13-3-1-2-12(6-13)11-4-5-11/h1-3,6-11H,4-5H2,(H,21,22,23). The number of nitro groups is 1. The van der Waals surface area contributed by atoms with Crippen molar-refractivity contribution < 1.29 is 4.92 Å². The normalized spacial score (nSPS) is 13.4. The highest BCUT2D eigenvalue weighted by Crippen LogP contribution is 2.41. The van der Waals surface area contributed by atoms with Crippen LogP contribution in [-0.4, -0.2) is 19.9 Å². The fourth-order valence-electron chi connectivity index (χ4n) is 2.71. The van der Waals surface area contributed by atoms with Gasteiger partial charge in [-0.15, -0.1) is 0 Å².